The quantitative estimate of drug-likeness (QED) is 0.567. The molecule has 4 heterocycles. The van der Waals surface area contributed by atoms with E-state index in [1.165, 1.54) is 71.1 Å². The number of anilines is 1. The van der Waals surface area contributed by atoms with Gasteiger partial charge in [-0.25, -0.2) is 4.98 Å². The molecule has 5 fully saturated rings. The molecule has 2 aliphatic carbocycles. The van der Waals surface area contributed by atoms with Crippen LogP contribution in [0.4, 0.5) is 5.82 Å². The number of aromatic nitrogens is 2. The van der Waals surface area contributed by atoms with Gasteiger partial charge in [-0.15, -0.1) is 0 Å². The largest absolute Gasteiger partial charge is 0.349 e. The first-order valence-electron chi connectivity index (χ1n) is 15.8. The van der Waals surface area contributed by atoms with Gasteiger partial charge in [0, 0.05) is 37.6 Å². The van der Waals surface area contributed by atoms with Gasteiger partial charge in [0.25, 0.3) is 5.56 Å². The molecule has 3 aliphatic heterocycles. The molecule has 1 amide bonds. The lowest BCUT2D eigenvalue weighted by Gasteiger charge is -2.54. The fraction of sp³-hybridized carbons (Fsp3) is 0.688. The van der Waals surface area contributed by atoms with E-state index in [4.69, 9.17) is 4.98 Å². The second-order valence-electron chi connectivity index (χ2n) is 13.4. The number of rotatable bonds is 5. The van der Waals surface area contributed by atoms with Crippen LogP contribution in [-0.2, 0) is 9.59 Å². The Kier molecular flexibility index (Phi) is 6.93. The topological polar surface area (TPSA) is 87.5 Å². The van der Waals surface area contributed by atoms with Crippen molar-refractivity contribution < 1.29 is 9.59 Å². The van der Waals surface area contributed by atoms with E-state index in [1.807, 2.05) is 28.8 Å². The molecule has 3 saturated heterocycles. The number of hydrogen-bond donors (Lipinski definition) is 1. The van der Waals surface area contributed by atoms with Crippen molar-refractivity contribution in [3.8, 4) is 0 Å². The monoisotopic (exact) mass is 545 g/mol. The smallest absolute Gasteiger partial charge is 0.294 e. The van der Waals surface area contributed by atoms with Gasteiger partial charge in [0.1, 0.15) is 12.3 Å². The number of hydrogen-bond acceptors (Lipinski definition) is 6. The van der Waals surface area contributed by atoms with Crippen LogP contribution < -0.4 is 15.8 Å². The Hall–Kier alpha value is -2.74. The molecular formula is C32H43N5O3. The van der Waals surface area contributed by atoms with E-state index < -0.39 is 6.04 Å². The lowest BCUT2D eigenvalue weighted by atomic mass is 9.73. The van der Waals surface area contributed by atoms with Crippen LogP contribution in [0.25, 0.3) is 11.0 Å². The highest BCUT2D eigenvalue weighted by Crippen LogP contribution is 2.47. The number of aldehydes is 1. The van der Waals surface area contributed by atoms with Crippen LogP contribution in [-0.4, -0.2) is 63.4 Å². The summed E-state index contributed by atoms with van der Waals surface area (Å²) in [5.74, 6) is 1.97. The Morgan fingerprint density at radius 2 is 1.60 bits per heavy atom. The summed E-state index contributed by atoms with van der Waals surface area (Å²) in [5.41, 5.74) is 1.57. The zero-order valence-corrected chi connectivity index (χ0v) is 23.7. The number of carbonyl (C=O) groups excluding carboxylic acids is 2. The van der Waals surface area contributed by atoms with Crippen molar-refractivity contribution in [3.05, 3.63) is 34.6 Å². The SMILES string of the molecule is CC(=O)N[C@@H]1CN(c2nc3ccccc3n([C@H]3C[C@H]4CCC[C@@H](C3)N4C3CC4CCCCC(C4)C3)c2=O)[C@@H]1C=O. The third kappa shape index (κ3) is 4.56. The van der Waals surface area contributed by atoms with E-state index >= 15 is 0 Å². The summed E-state index contributed by atoms with van der Waals surface area (Å²) in [6.07, 6.45) is 16.4. The lowest BCUT2D eigenvalue weighted by Crippen LogP contribution is -2.68. The highest BCUT2D eigenvalue weighted by atomic mass is 16.2. The Balaban J connectivity index is 1.20. The Bertz CT molecular complexity index is 1310. The van der Waals surface area contributed by atoms with Crippen LogP contribution in [0.2, 0.25) is 0 Å². The molecule has 7 rings (SSSR count). The minimum atomic E-state index is -0.574. The predicted octanol–water partition coefficient (Wildman–Crippen LogP) is 4.21. The van der Waals surface area contributed by atoms with Crippen molar-refractivity contribution in [1.82, 2.24) is 19.8 Å². The average Bonchev–Trinajstić information content (AvgIpc) is 3.09. The Morgan fingerprint density at radius 3 is 2.27 bits per heavy atom. The molecule has 5 aliphatic rings. The molecule has 2 aromatic rings. The van der Waals surface area contributed by atoms with E-state index in [1.54, 1.807) is 4.90 Å². The summed E-state index contributed by atoms with van der Waals surface area (Å²) < 4.78 is 2.02. The second kappa shape index (κ2) is 10.6. The van der Waals surface area contributed by atoms with Crippen molar-refractivity contribution in [2.45, 2.75) is 120 Å². The fourth-order valence-electron chi connectivity index (χ4n) is 9.31. The third-order valence-electron chi connectivity index (χ3n) is 10.9. The van der Waals surface area contributed by atoms with Gasteiger partial charge in [-0.1, -0.05) is 44.2 Å². The van der Waals surface area contributed by atoms with Crippen molar-refractivity contribution in [3.63, 3.8) is 0 Å². The highest BCUT2D eigenvalue weighted by Gasteiger charge is 2.46. The molecular weight excluding hydrogens is 502 g/mol. The standard InChI is InChI=1S/C32H43N5O3/c1-20(39)33-28-18-35(30(28)19-38)31-32(40)37(29-12-5-4-11-27(29)34-31)26-16-23-9-6-10-24(17-26)36(23)25-14-21-7-2-3-8-22(13-21)15-25/h4-5,11-12,19,21-26,28,30H,2-3,6-10,13-18H2,1H3,(H,33,39)/t21?,22?,23-,24+,25?,26+,28-,30-/m1/s1. The number of amides is 1. The van der Waals surface area contributed by atoms with Crippen molar-refractivity contribution in [1.29, 1.82) is 0 Å². The second-order valence-corrected chi connectivity index (χ2v) is 13.4. The Morgan fingerprint density at radius 1 is 0.900 bits per heavy atom. The minimum absolute atomic E-state index is 0.105. The third-order valence-corrected chi connectivity index (χ3v) is 10.9. The number of nitrogens with one attached hydrogen (secondary N) is 1. The number of nitrogens with zero attached hydrogens (tertiary/aromatic N) is 4. The van der Waals surface area contributed by atoms with Gasteiger partial charge in [-0.2, -0.15) is 0 Å². The van der Waals surface area contributed by atoms with Crippen LogP contribution >= 0.6 is 0 Å². The molecule has 1 aromatic heterocycles. The van der Waals surface area contributed by atoms with Crippen LogP contribution in [0.3, 0.4) is 0 Å². The molecule has 2 unspecified atom stereocenters. The molecule has 1 N–H and O–H groups in total. The van der Waals surface area contributed by atoms with Crippen LogP contribution in [0.15, 0.2) is 29.1 Å². The summed E-state index contributed by atoms with van der Waals surface area (Å²) in [5, 5.41) is 2.84. The van der Waals surface area contributed by atoms with Gasteiger partial charge in [-0.05, 0) is 68.9 Å². The molecule has 8 nitrogen and oxygen atoms in total. The maximum absolute atomic E-state index is 14.2. The average molecular weight is 546 g/mol. The molecule has 0 spiro atoms. The van der Waals surface area contributed by atoms with Crippen LogP contribution in [0, 0.1) is 11.8 Å². The summed E-state index contributed by atoms with van der Waals surface area (Å²) in [6, 6.07) is 8.96. The van der Waals surface area contributed by atoms with E-state index in [-0.39, 0.29) is 23.6 Å². The van der Waals surface area contributed by atoms with Gasteiger partial charge in [0.05, 0.1) is 17.1 Å². The van der Waals surface area contributed by atoms with E-state index in [0.717, 1.165) is 42.0 Å². The first-order valence-corrected chi connectivity index (χ1v) is 15.8. The molecule has 1 aromatic carbocycles. The number of para-hydroxylation sites is 2. The van der Waals surface area contributed by atoms with Crippen molar-refractivity contribution in [2.75, 3.05) is 11.4 Å². The van der Waals surface area contributed by atoms with E-state index in [9.17, 15) is 14.4 Å². The zero-order chi connectivity index (χ0) is 27.4. The van der Waals surface area contributed by atoms with Crippen LogP contribution in [0.5, 0.6) is 0 Å². The lowest BCUT2D eigenvalue weighted by molar-refractivity contribution is -0.120. The zero-order valence-electron chi connectivity index (χ0n) is 23.7. The maximum Gasteiger partial charge on any atom is 0.294 e. The van der Waals surface area contributed by atoms with E-state index in [0.29, 0.717) is 30.5 Å². The molecule has 2 saturated carbocycles. The normalized spacial score (nSPS) is 36.0. The first-order chi connectivity index (χ1) is 19.5. The maximum atomic E-state index is 14.2. The number of benzene rings is 1. The molecule has 7 atom stereocenters. The van der Waals surface area contributed by atoms with Crippen LogP contribution in [0.1, 0.15) is 90.0 Å². The predicted molar refractivity (Wildman–Crippen MR) is 155 cm³/mol. The summed E-state index contributed by atoms with van der Waals surface area (Å²) in [6.45, 7) is 1.87. The van der Waals surface area contributed by atoms with Crippen molar-refractivity contribution >= 4 is 29.0 Å². The number of carbonyl (C=O) groups is 2. The summed E-state index contributed by atoms with van der Waals surface area (Å²) in [4.78, 5) is 47.3. The van der Waals surface area contributed by atoms with Gasteiger partial charge in [0.2, 0.25) is 5.91 Å². The molecule has 8 heteroatoms. The molecule has 4 bridgehead atoms. The minimum Gasteiger partial charge on any atom is -0.349 e. The number of fused-ring (bicyclic) bond motifs is 5. The van der Waals surface area contributed by atoms with Gasteiger partial charge >= 0.3 is 0 Å². The van der Waals surface area contributed by atoms with Gasteiger partial charge in [0.15, 0.2) is 5.82 Å². The van der Waals surface area contributed by atoms with Gasteiger partial charge < -0.3 is 19.6 Å². The summed E-state index contributed by atoms with van der Waals surface area (Å²) in [7, 11) is 0. The number of piperidine rings is 2. The molecule has 214 valence electrons. The first kappa shape index (κ1) is 26.2. The highest BCUT2D eigenvalue weighted by molar-refractivity contribution is 5.80. The fourth-order valence-corrected chi connectivity index (χ4v) is 9.31. The Labute approximate surface area is 236 Å². The van der Waals surface area contributed by atoms with Crippen molar-refractivity contribution in [2.24, 2.45) is 11.8 Å². The van der Waals surface area contributed by atoms with E-state index in [2.05, 4.69) is 10.2 Å². The van der Waals surface area contributed by atoms with Gasteiger partial charge in [-0.3, -0.25) is 14.5 Å². The molecule has 40 heavy (non-hydrogen) atoms. The molecule has 0 radical (unpaired) electrons. The summed E-state index contributed by atoms with van der Waals surface area (Å²) >= 11 is 0.